The summed E-state index contributed by atoms with van der Waals surface area (Å²) in [6, 6.07) is 16.6. The van der Waals surface area contributed by atoms with Crippen molar-refractivity contribution in [2.24, 2.45) is 0 Å². The highest BCUT2D eigenvalue weighted by Crippen LogP contribution is 2.26. The molecule has 3 rings (SSSR count). The van der Waals surface area contributed by atoms with Crippen LogP contribution in [0.4, 0.5) is 10.1 Å². The maximum Gasteiger partial charge on any atom is 0.279 e. The van der Waals surface area contributed by atoms with E-state index in [4.69, 9.17) is 5.26 Å². The molecule has 0 radical (unpaired) electrons. The number of amides is 1. The molecule has 0 aromatic heterocycles. The van der Waals surface area contributed by atoms with Gasteiger partial charge in [-0.3, -0.25) is 4.79 Å². The lowest BCUT2D eigenvalue weighted by molar-refractivity contribution is -0.916. The van der Waals surface area contributed by atoms with E-state index in [0.29, 0.717) is 24.9 Å². The van der Waals surface area contributed by atoms with Gasteiger partial charge in [0.05, 0.1) is 23.6 Å². The van der Waals surface area contributed by atoms with E-state index in [1.807, 2.05) is 24.3 Å². The third-order valence-electron chi connectivity index (χ3n) is 4.34. The van der Waals surface area contributed by atoms with Crippen LogP contribution in [0.3, 0.4) is 0 Å². The maximum absolute atomic E-state index is 13.1. The molecule has 134 valence electrons. The molecular formula is C20H21FN3OS+. The molecule has 26 heavy (non-hydrogen) atoms. The molecule has 6 heteroatoms. The predicted molar refractivity (Wildman–Crippen MR) is 100 cm³/mol. The molecule has 0 aliphatic heterocycles. The van der Waals surface area contributed by atoms with Gasteiger partial charge in [-0.15, -0.1) is 11.8 Å². The van der Waals surface area contributed by atoms with Crippen molar-refractivity contribution in [1.82, 2.24) is 0 Å². The van der Waals surface area contributed by atoms with Gasteiger partial charge in [0.15, 0.2) is 6.54 Å². The van der Waals surface area contributed by atoms with Crippen LogP contribution in [0.1, 0.15) is 18.4 Å². The number of hydrogen-bond donors (Lipinski definition) is 2. The van der Waals surface area contributed by atoms with Crippen molar-refractivity contribution in [3.05, 3.63) is 59.9 Å². The van der Waals surface area contributed by atoms with E-state index in [0.717, 1.165) is 29.0 Å². The fraction of sp³-hybridized carbons (Fsp3) is 0.300. The number of hydrogen-bond acceptors (Lipinski definition) is 3. The molecule has 0 heterocycles. The maximum atomic E-state index is 13.1. The van der Waals surface area contributed by atoms with Crippen LogP contribution < -0.4 is 10.2 Å². The van der Waals surface area contributed by atoms with Gasteiger partial charge in [0.25, 0.3) is 5.91 Å². The minimum Gasteiger partial charge on any atom is -0.321 e. The third-order valence-corrected chi connectivity index (χ3v) is 5.28. The normalized spacial score (nSPS) is 14.5. The molecule has 1 saturated carbocycles. The summed E-state index contributed by atoms with van der Waals surface area (Å²) in [4.78, 5) is 14.7. The number of para-hydroxylation sites is 1. The Kier molecular flexibility index (Phi) is 6.26. The van der Waals surface area contributed by atoms with E-state index < -0.39 is 0 Å². The van der Waals surface area contributed by atoms with Gasteiger partial charge in [-0.1, -0.05) is 24.3 Å². The molecule has 0 spiro atoms. The lowest BCUT2D eigenvalue weighted by Gasteiger charge is -2.19. The lowest BCUT2D eigenvalue weighted by atomic mass is 10.2. The Balaban J connectivity index is 1.62. The molecular weight excluding hydrogens is 349 g/mol. The van der Waals surface area contributed by atoms with Gasteiger partial charge in [0.1, 0.15) is 12.4 Å². The van der Waals surface area contributed by atoms with Crippen LogP contribution in [0.15, 0.2) is 53.4 Å². The highest BCUT2D eigenvalue weighted by molar-refractivity contribution is 7.99. The monoisotopic (exact) mass is 370 g/mol. The Morgan fingerprint density at radius 3 is 2.65 bits per heavy atom. The second-order valence-electron chi connectivity index (χ2n) is 6.40. The number of halogens is 1. The molecule has 2 aromatic rings. The average Bonchev–Trinajstić information content (AvgIpc) is 3.47. The van der Waals surface area contributed by atoms with Gasteiger partial charge < -0.3 is 10.2 Å². The summed E-state index contributed by atoms with van der Waals surface area (Å²) in [6.45, 7) is 1.09. The summed E-state index contributed by atoms with van der Waals surface area (Å²) in [5, 5.41) is 11.7. The first kappa shape index (κ1) is 18.4. The number of nitrogens with one attached hydrogen (secondary N) is 2. The Labute approximate surface area is 157 Å². The molecule has 1 atom stereocenters. The lowest BCUT2D eigenvalue weighted by Crippen LogP contribution is -3.13. The number of rotatable bonds is 8. The fourth-order valence-electron chi connectivity index (χ4n) is 2.91. The highest BCUT2D eigenvalue weighted by Gasteiger charge is 2.34. The zero-order chi connectivity index (χ0) is 18.4. The fourth-order valence-corrected chi connectivity index (χ4v) is 3.58. The van der Waals surface area contributed by atoms with Gasteiger partial charge in [0, 0.05) is 23.3 Å². The number of anilines is 1. The molecule has 0 saturated heterocycles. The quantitative estimate of drug-likeness (QED) is 0.703. The van der Waals surface area contributed by atoms with Crippen molar-refractivity contribution >= 4 is 23.4 Å². The largest absolute Gasteiger partial charge is 0.321 e. The van der Waals surface area contributed by atoms with Crippen LogP contribution in [-0.4, -0.2) is 24.2 Å². The highest BCUT2D eigenvalue weighted by atomic mass is 32.2. The smallest absolute Gasteiger partial charge is 0.279 e. The van der Waals surface area contributed by atoms with Gasteiger partial charge in [-0.2, -0.15) is 5.26 Å². The summed E-state index contributed by atoms with van der Waals surface area (Å²) in [5.74, 6) is 0.0571. The number of quaternary nitrogens is 1. The SMILES string of the molecule is N#CCSc1ccccc1NC(=O)C[NH+](Cc1ccc(F)cc1)C1CC1. The van der Waals surface area contributed by atoms with Crippen molar-refractivity contribution in [3.8, 4) is 6.07 Å². The first-order chi connectivity index (χ1) is 12.7. The third kappa shape index (κ3) is 5.32. The van der Waals surface area contributed by atoms with Gasteiger partial charge in [-0.25, -0.2) is 4.39 Å². The molecule has 1 fully saturated rings. The van der Waals surface area contributed by atoms with Gasteiger partial charge >= 0.3 is 0 Å². The molecule has 2 aromatic carbocycles. The number of nitrogens with zero attached hydrogens (tertiary/aromatic N) is 1. The molecule has 1 aliphatic rings. The van der Waals surface area contributed by atoms with E-state index >= 15 is 0 Å². The van der Waals surface area contributed by atoms with Crippen LogP contribution in [0.25, 0.3) is 0 Å². The summed E-state index contributed by atoms with van der Waals surface area (Å²) in [6.07, 6.45) is 2.25. The standard InChI is InChI=1S/C20H20FN3OS/c21-16-7-5-15(6-8-16)13-24(17-9-10-17)14-20(25)23-18-3-1-2-4-19(18)26-12-11-22/h1-8,17H,9-10,12-14H2,(H,23,25)/p+1. The zero-order valence-corrected chi connectivity index (χ0v) is 15.2. The number of benzene rings is 2. The number of nitriles is 1. The summed E-state index contributed by atoms with van der Waals surface area (Å²) in [5.41, 5.74) is 1.78. The van der Waals surface area contributed by atoms with Crippen molar-refractivity contribution < 1.29 is 14.1 Å². The number of carbonyl (C=O) groups excluding carboxylic acids is 1. The summed E-state index contributed by atoms with van der Waals surface area (Å²) in [7, 11) is 0. The molecule has 1 amide bonds. The van der Waals surface area contributed by atoms with E-state index in [1.165, 1.54) is 28.8 Å². The van der Waals surface area contributed by atoms with Gasteiger partial charge in [-0.05, 0) is 24.3 Å². The molecule has 1 unspecified atom stereocenters. The average molecular weight is 370 g/mol. The van der Waals surface area contributed by atoms with Crippen molar-refractivity contribution in [1.29, 1.82) is 5.26 Å². The van der Waals surface area contributed by atoms with Crippen LogP contribution in [0.5, 0.6) is 0 Å². The summed E-state index contributed by atoms with van der Waals surface area (Å²) < 4.78 is 13.1. The van der Waals surface area contributed by atoms with Crippen LogP contribution >= 0.6 is 11.8 Å². The number of carbonyl (C=O) groups is 1. The predicted octanol–water partition coefficient (Wildman–Crippen LogP) is 2.63. The Morgan fingerprint density at radius 1 is 1.23 bits per heavy atom. The first-order valence-corrected chi connectivity index (χ1v) is 9.62. The van der Waals surface area contributed by atoms with Crippen molar-refractivity contribution in [2.45, 2.75) is 30.3 Å². The Morgan fingerprint density at radius 2 is 1.96 bits per heavy atom. The van der Waals surface area contributed by atoms with Crippen LogP contribution in [0, 0.1) is 17.1 Å². The van der Waals surface area contributed by atoms with Crippen molar-refractivity contribution in [3.63, 3.8) is 0 Å². The minimum atomic E-state index is -0.244. The molecule has 2 N–H and O–H groups in total. The Hall–Kier alpha value is -2.36. The molecule has 1 aliphatic carbocycles. The zero-order valence-electron chi connectivity index (χ0n) is 14.4. The first-order valence-electron chi connectivity index (χ1n) is 8.63. The molecule has 4 nitrogen and oxygen atoms in total. The van der Waals surface area contributed by atoms with Crippen molar-refractivity contribution in [2.75, 3.05) is 17.6 Å². The topological polar surface area (TPSA) is 57.3 Å². The summed E-state index contributed by atoms with van der Waals surface area (Å²) >= 11 is 1.41. The Bertz CT molecular complexity index is 799. The minimum absolute atomic E-state index is 0.0426. The van der Waals surface area contributed by atoms with E-state index in [9.17, 15) is 9.18 Å². The van der Waals surface area contributed by atoms with Crippen LogP contribution in [0.2, 0.25) is 0 Å². The number of thioether (sulfide) groups is 1. The van der Waals surface area contributed by atoms with E-state index in [-0.39, 0.29) is 11.7 Å². The van der Waals surface area contributed by atoms with Gasteiger partial charge in [0.2, 0.25) is 0 Å². The van der Waals surface area contributed by atoms with E-state index in [2.05, 4.69) is 11.4 Å². The van der Waals surface area contributed by atoms with Crippen LogP contribution in [-0.2, 0) is 11.3 Å². The second kappa shape index (κ2) is 8.84. The van der Waals surface area contributed by atoms with E-state index in [1.54, 1.807) is 12.1 Å². The second-order valence-corrected chi connectivity index (χ2v) is 7.42. The molecule has 0 bridgehead atoms.